The Morgan fingerprint density at radius 3 is 1.24 bits per heavy atom. The molecule has 0 atom stereocenters. The van der Waals surface area contributed by atoms with Gasteiger partial charge in [0.05, 0.1) is 0 Å². The van der Waals surface area contributed by atoms with Crippen molar-refractivity contribution in [1.29, 1.82) is 0 Å². The number of allylic oxidation sites excluding steroid dienone is 8. The van der Waals surface area contributed by atoms with E-state index >= 15 is 0 Å². The molecule has 0 radical (unpaired) electrons. The zero-order chi connectivity index (χ0) is 20.5. The van der Waals surface area contributed by atoms with Gasteiger partial charge in [-0.3, -0.25) is 34.8 Å². The predicted octanol–water partition coefficient (Wildman–Crippen LogP) is 7.96. The molecule has 0 saturated carbocycles. The monoisotopic (exact) mass is 456 g/mol. The van der Waals surface area contributed by atoms with Crippen LogP contribution in [0.1, 0.15) is 61.4 Å². The fourth-order valence-corrected chi connectivity index (χ4v) is 3.86. The zero-order valence-electron chi connectivity index (χ0n) is 18.2. The smallest absolute Gasteiger partial charge is 0.273 e. The summed E-state index contributed by atoms with van der Waals surface area (Å²) in [6.07, 6.45) is 24.5. The van der Waals surface area contributed by atoms with Crippen molar-refractivity contribution in [3.05, 3.63) is 92.4 Å². The van der Waals surface area contributed by atoms with Crippen molar-refractivity contribution in [2.75, 3.05) is 0 Å². The van der Waals surface area contributed by atoms with Crippen molar-refractivity contribution in [3.8, 4) is 0 Å². The van der Waals surface area contributed by atoms with E-state index in [1.165, 1.54) is 20.9 Å². The van der Waals surface area contributed by atoms with Gasteiger partial charge in [0.15, 0.2) is 0 Å². The molecule has 0 unspecified atom stereocenters. The molecule has 0 N–H and O–H groups in total. The minimum absolute atomic E-state index is 0. The molecule has 0 fully saturated rings. The summed E-state index contributed by atoms with van der Waals surface area (Å²) in [6.45, 7) is 8.67. The summed E-state index contributed by atoms with van der Waals surface area (Å²) in [5, 5.41) is 4.39. The average molecular weight is 457 g/mol. The van der Waals surface area contributed by atoms with E-state index in [9.17, 15) is 0 Å². The molecule has 0 amide bonds. The quantitative estimate of drug-likeness (QED) is 0.323. The van der Waals surface area contributed by atoms with Crippen LogP contribution in [-0.4, -0.2) is 0 Å². The van der Waals surface area contributed by atoms with Gasteiger partial charge in [-0.2, -0.15) is 22.9 Å². The Bertz CT molecular complexity index is 623. The topological polar surface area (TPSA) is 0 Å². The van der Waals surface area contributed by atoms with Gasteiger partial charge in [-0.15, -0.1) is 22.6 Å². The molecule has 2 heterocycles. The summed E-state index contributed by atoms with van der Waals surface area (Å²) >= 11 is 3.64. The molecule has 0 spiro atoms. The Morgan fingerprint density at radius 1 is 0.690 bits per heavy atom. The number of rotatable bonds is 4. The molecule has 3 heteroatoms. The minimum atomic E-state index is 0. The maximum Gasteiger partial charge on any atom is 4.00 e. The molecular weight excluding hydrogens is 424 g/mol. The van der Waals surface area contributed by atoms with E-state index in [0.717, 1.165) is 38.5 Å². The SMILES string of the molecule is CCc1[c-]c(CC)sc1.CCc1[c-]c(CC)sc1.[C-]1=CC=CC1.[C-]1=CC=CC1.[Ti+4]. The normalized spacial score (nSPS) is 12.3. The summed E-state index contributed by atoms with van der Waals surface area (Å²) in [5.74, 6) is 0. The first kappa shape index (κ1) is 28.1. The van der Waals surface area contributed by atoms with Crippen LogP contribution in [0.5, 0.6) is 0 Å². The van der Waals surface area contributed by atoms with Gasteiger partial charge in [0, 0.05) is 0 Å². The maximum atomic E-state index is 3.33. The first-order valence-corrected chi connectivity index (χ1v) is 11.9. The first-order valence-electron chi connectivity index (χ1n) is 10.1. The van der Waals surface area contributed by atoms with Crippen molar-refractivity contribution in [1.82, 2.24) is 0 Å². The third-order valence-corrected chi connectivity index (χ3v) is 6.02. The van der Waals surface area contributed by atoms with E-state index in [2.05, 4.69) is 74.9 Å². The van der Waals surface area contributed by atoms with E-state index in [1.807, 2.05) is 47.0 Å². The van der Waals surface area contributed by atoms with Crippen LogP contribution in [0.3, 0.4) is 0 Å². The fraction of sp³-hybridized carbons (Fsp3) is 0.385. The van der Waals surface area contributed by atoms with Gasteiger partial charge in [0.25, 0.3) is 0 Å². The summed E-state index contributed by atoms with van der Waals surface area (Å²) in [6, 6.07) is 6.66. The van der Waals surface area contributed by atoms with E-state index in [4.69, 9.17) is 0 Å². The second kappa shape index (κ2) is 19.1. The molecule has 2 aromatic heterocycles. The molecule has 152 valence electrons. The number of thiophene rings is 2. The van der Waals surface area contributed by atoms with Crippen LogP contribution in [0.4, 0.5) is 0 Å². The Balaban J connectivity index is 0.000000369. The molecule has 2 aliphatic carbocycles. The summed E-state index contributed by atoms with van der Waals surface area (Å²) in [7, 11) is 0. The molecular formula is C26H32S2Ti. The number of hydrogen-bond donors (Lipinski definition) is 0. The van der Waals surface area contributed by atoms with Gasteiger partial charge in [0.2, 0.25) is 0 Å². The average Bonchev–Trinajstić information content (AvgIpc) is 3.58. The van der Waals surface area contributed by atoms with Crippen LogP contribution >= 0.6 is 22.7 Å². The number of aryl methyl sites for hydroxylation is 4. The molecule has 4 rings (SSSR count). The Labute approximate surface area is 202 Å². The van der Waals surface area contributed by atoms with E-state index in [1.54, 1.807) is 0 Å². The van der Waals surface area contributed by atoms with Gasteiger partial charge >= 0.3 is 21.7 Å². The standard InChI is InChI=1S/2C8H11S.2C5H5.Ti/c2*1-3-7-5-8(4-2)9-6-7;2*1-2-4-5-3-1;/h2*6H,3-4H2,1-2H3;2*1-3H,4H2;/q4*-1;+4. The van der Waals surface area contributed by atoms with E-state index in [-0.39, 0.29) is 21.7 Å². The van der Waals surface area contributed by atoms with Crippen LogP contribution in [0.15, 0.2) is 47.2 Å². The molecule has 2 aliphatic rings. The van der Waals surface area contributed by atoms with Crippen LogP contribution in [0, 0.1) is 24.3 Å². The molecule has 0 nitrogen and oxygen atoms in total. The van der Waals surface area contributed by atoms with Crippen molar-refractivity contribution >= 4 is 22.7 Å². The van der Waals surface area contributed by atoms with Gasteiger partial charge in [-0.1, -0.05) is 40.5 Å². The number of hydrogen-bond acceptors (Lipinski definition) is 2. The van der Waals surface area contributed by atoms with Crippen LogP contribution in [-0.2, 0) is 47.4 Å². The third-order valence-electron chi connectivity index (χ3n) is 3.86. The second-order valence-electron chi connectivity index (χ2n) is 6.04. The van der Waals surface area contributed by atoms with Crippen LogP contribution in [0.2, 0.25) is 0 Å². The Kier molecular flexibility index (Phi) is 18.5. The molecule has 29 heavy (non-hydrogen) atoms. The minimum Gasteiger partial charge on any atom is -0.273 e. The van der Waals surface area contributed by atoms with Crippen molar-refractivity contribution in [2.45, 2.75) is 66.2 Å². The summed E-state index contributed by atoms with van der Waals surface area (Å²) < 4.78 is 0. The van der Waals surface area contributed by atoms with Gasteiger partial charge in [-0.05, 0) is 12.8 Å². The second-order valence-corrected chi connectivity index (χ2v) is 7.97. The summed E-state index contributed by atoms with van der Waals surface area (Å²) in [4.78, 5) is 2.76. The largest absolute Gasteiger partial charge is 4.00 e. The van der Waals surface area contributed by atoms with E-state index in [0.29, 0.717) is 0 Å². The molecule has 0 aromatic carbocycles. The van der Waals surface area contributed by atoms with E-state index < -0.39 is 0 Å². The van der Waals surface area contributed by atoms with Crippen LogP contribution in [0.25, 0.3) is 0 Å². The predicted molar refractivity (Wildman–Crippen MR) is 127 cm³/mol. The van der Waals surface area contributed by atoms with Crippen LogP contribution < -0.4 is 0 Å². The maximum absolute atomic E-state index is 3.33. The molecule has 2 aromatic rings. The van der Waals surface area contributed by atoms with Gasteiger partial charge in [0.1, 0.15) is 0 Å². The molecule has 0 aliphatic heterocycles. The summed E-state index contributed by atoms with van der Waals surface area (Å²) in [5.41, 5.74) is 2.72. The third kappa shape index (κ3) is 13.8. The van der Waals surface area contributed by atoms with Crippen molar-refractivity contribution < 1.29 is 21.7 Å². The fourth-order valence-electron chi connectivity index (χ4n) is 2.13. The first-order chi connectivity index (χ1) is 13.7. The zero-order valence-corrected chi connectivity index (χ0v) is 21.4. The Morgan fingerprint density at radius 2 is 1.10 bits per heavy atom. The van der Waals surface area contributed by atoms with Crippen molar-refractivity contribution in [3.63, 3.8) is 0 Å². The van der Waals surface area contributed by atoms with Gasteiger partial charge in [-0.25, -0.2) is 47.6 Å². The molecule has 0 saturated heterocycles. The Hall–Kier alpha value is -0.926. The molecule has 0 bridgehead atoms. The van der Waals surface area contributed by atoms with Crippen molar-refractivity contribution in [2.24, 2.45) is 0 Å². The van der Waals surface area contributed by atoms with Gasteiger partial charge < -0.3 is 0 Å².